The van der Waals surface area contributed by atoms with Gasteiger partial charge in [0.15, 0.2) is 0 Å². The van der Waals surface area contributed by atoms with Crippen LogP contribution in [0.1, 0.15) is 36.7 Å². The van der Waals surface area contributed by atoms with Crippen LogP contribution >= 0.6 is 0 Å². The zero-order valence-electron chi connectivity index (χ0n) is 17.1. The van der Waals surface area contributed by atoms with Gasteiger partial charge < -0.3 is 9.80 Å². The highest BCUT2D eigenvalue weighted by atomic mass is 16.2. The zero-order chi connectivity index (χ0) is 20.4. The topological polar surface area (TPSA) is 67.2 Å². The molecule has 0 bridgehead atoms. The van der Waals surface area contributed by atoms with Crippen molar-refractivity contribution in [3.8, 4) is 5.82 Å². The summed E-state index contributed by atoms with van der Waals surface area (Å²) in [6.45, 7) is 9.35. The minimum absolute atomic E-state index is 0.0836. The van der Waals surface area contributed by atoms with Crippen molar-refractivity contribution in [2.75, 3.05) is 31.1 Å². The van der Waals surface area contributed by atoms with Crippen molar-refractivity contribution in [2.45, 2.75) is 26.2 Å². The highest BCUT2D eigenvalue weighted by molar-refractivity contribution is 5.94. The van der Waals surface area contributed by atoms with Crippen LogP contribution in [0.5, 0.6) is 0 Å². The van der Waals surface area contributed by atoms with Crippen LogP contribution in [0.15, 0.2) is 55.4 Å². The Balaban J connectivity index is 1.40. The van der Waals surface area contributed by atoms with Crippen LogP contribution in [-0.2, 0) is 5.41 Å². The highest BCUT2D eigenvalue weighted by Crippen LogP contribution is 2.23. The fourth-order valence-electron chi connectivity index (χ4n) is 3.48. The second-order valence-electron chi connectivity index (χ2n) is 8.31. The van der Waals surface area contributed by atoms with Gasteiger partial charge in [-0.25, -0.2) is 15.0 Å². The van der Waals surface area contributed by atoms with Gasteiger partial charge in [0, 0.05) is 50.2 Å². The van der Waals surface area contributed by atoms with E-state index in [1.807, 2.05) is 33.9 Å². The van der Waals surface area contributed by atoms with Gasteiger partial charge in [-0.15, -0.1) is 0 Å². The zero-order valence-corrected chi connectivity index (χ0v) is 17.1. The maximum absolute atomic E-state index is 12.9. The number of nitrogens with zero attached hydrogens (tertiary/aromatic N) is 6. The first-order valence-electron chi connectivity index (χ1n) is 9.87. The summed E-state index contributed by atoms with van der Waals surface area (Å²) in [4.78, 5) is 29.8. The number of aromatic nitrogens is 4. The molecule has 1 fully saturated rings. The van der Waals surface area contributed by atoms with Gasteiger partial charge in [-0.3, -0.25) is 9.36 Å². The van der Waals surface area contributed by atoms with Crippen molar-refractivity contribution < 1.29 is 4.79 Å². The van der Waals surface area contributed by atoms with Crippen molar-refractivity contribution in [3.05, 3.63) is 66.5 Å². The Morgan fingerprint density at radius 1 is 0.966 bits per heavy atom. The molecule has 0 spiro atoms. The first-order chi connectivity index (χ1) is 13.9. The lowest BCUT2D eigenvalue weighted by atomic mass is 9.86. The Bertz CT molecular complexity index is 967. The summed E-state index contributed by atoms with van der Waals surface area (Å²) in [5, 5.41) is 0. The largest absolute Gasteiger partial charge is 0.353 e. The molecule has 0 unspecified atom stereocenters. The Morgan fingerprint density at radius 3 is 2.28 bits per heavy atom. The summed E-state index contributed by atoms with van der Waals surface area (Å²) in [6.07, 6.45) is 6.86. The molecule has 0 N–H and O–H groups in total. The molecule has 0 radical (unpaired) electrons. The van der Waals surface area contributed by atoms with E-state index in [-0.39, 0.29) is 11.3 Å². The van der Waals surface area contributed by atoms with Gasteiger partial charge in [0.1, 0.15) is 24.3 Å². The minimum atomic E-state index is 0.0836. The number of carbonyl (C=O) groups excluding carboxylic acids is 1. The maximum atomic E-state index is 12.9. The molecule has 3 aromatic rings. The van der Waals surface area contributed by atoms with Gasteiger partial charge in [0.2, 0.25) is 0 Å². The van der Waals surface area contributed by atoms with Gasteiger partial charge >= 0.3 is 0 Å². The van der Waals surface area contributed by atoms with E-state index in [9.17, 15) is 4.79 Å². The monoisotopic (exact) mass is 390 g/mol. The first kappa shape index (κ1) is 19.1. The van der Waals surface area contributed by atoms with Crippen LogP contribution in [0.25, 0.3) is 5.82 Å². The number of imidazole rings is 1. The van der Waals surface area contributed by atoms with Gasteiger partial charge in [0.25, 0.3) is 5.91 Å². The molecule has 7 nitrogen and oxygen atoms in total. The molecule has 1 aliphatic heterocycles. The standard InChI is InChI=1S/C22H26N6O/c1-22(2,3)18-6-4-17(5-7-18)21(29)27-12-10-26(11-13-27)19-14-20(25-15-24-19)28-9-8-23-16-28/h4-9,14-16H,10-13H2,1-3H3. The van der Waals surface area contributed by atoms with Crippen LogP contribution in [0, 0.1) is 0 Å². The van der Waals surface area contributed by atoms with Crippen molar-refractivity contribution in [3.63, 3.8) is 0 Å². The fourth-order valence-corrected chi connectivity index (χ4v) is 3.48. The third-order valence-electron chi connectivity index (χ3n) is 5.30. The molecule has 0 atom stereocenters. The van der Waals surface area contributed by atoms with E-state index in [1.165, 1.54) is 5.56 Å². The lowest BCUT2D eigenvalue weighted by molar-refractivity contribution is 0.0746. The lowest BCUT2D eigenvalue weighted by Gasteiger charge is -2.35. The van der Waals surface area contributed by atoms with E-state index >= 15 is 0 Å². The second kappa shape index (κ2) is 7.66. The molecular weight excluding hydrogens is 364 g/mol. The van der Waals surface area contributed by atoms with E-state index in [4.69, 9.17) is 0 Å². The van der Waals surface area contributed by atoms with E-state index in [0.717, 1.165) is 30.3 Å². The first-order valence-corrected chi connectivity index (χ1v) is 9.87. The summed E-state index contributed by atoms with van der Waals surface area (Å²) in [7, 11) is 0. The number of hydrogen-bond acceptors (Lipinski definition) is 5. The molecule has 3 heterocycles. The average molecular weight is 390 g/mol. The van der Waals surface area contributed by atoms with Crippen LogP contribution in [0.4, 0.5) is 5.82 Å². The molecule has 29 heavy (non-hydrogen) atoms. The van der Waals surface area contributed by atoms with E-state index in [1.54, 1.807) is 18.9 Å². The van der Waals surface area contributed by atoms with Crippen molar-refractivity contribution >= 4 is 11.7 Å². The minimum Gasteiger partial charge on any atom is -0.353 e. The number of piperazine rings is 1. The molecule has 1 aromatic carbocycles. The van der Waals surface area contributed by atoms with Crippen molar-refractivity contribution in [1.29, 1.82) is 0 Å². The fraction of sp³-hybridized carbons (Fsp3) is 0.364. The number of anilines is 1. The van der Waals surface area contributed by atoms with Crippen LogP contribution < -0.4 is 4.90 Å². The molecule has 0 saturated carbocycles. The summed E-state index contributed by atoms with van der Waals surface area (Å²) in [6, 6.07) is 9.95. The molecule has 0 aliphatic carbocycles. The van der Waals surface area contributed by atoms with Gasteiger partial charge in [-0.2, -0.15) is 0 Å². The van der Waals surface area contributed by atoms with Gasteiger partial charge in [0.05, 0.1) is 0 Å². The van der Waals surface area contributed by atoms with E-state index in [0.29, 0.717) is 13.1 Å². The van der Waals surface area contributed by atoms with Crippen molar-refractivity contribution in [2.24, 2.45) is 0 Å². The third-order valence-corrected chi connectivity index (χ3v) is 5.30. The number of hydrogen-bond donors (Lipinski definition) is 0. The molecule has 1 amide bonds. The summed E-state index contributed by atoms with van der Waals surface area (Å²) in [5.41, 5.74) is 2.06. The lowest BCUT2D eigenvalue weighted by Crippen LogP contribution is -2.49. The highest BCUT2D eigenvalue weighted by Gasteiger charge is 2.23. The van der Waals surface area contributed by atoms with Crippen molar-refractivity contribution in [1.82, 2.24) is 24.4 Å². The quantitative estimate of drug-likeness (QED) is 0.688. The van der Waals surface area contributed by atoms with Crippen LogP contribution in [0.3, 0.4) is 0 Å². The van der Waals surface area contributed by atoms with Crippen LogP contribution in [-0.4, -0.2) is 56.5 Å². The molecule has 1 saturated heterocycles. The van der Waals surface area contributed by atoms with E-state index in [2.05, 4.69) is 52.8 Å². The summed E-state index contributed by atoms with van der Waals surface area (Å²) < 4.78 is 1.85. The Hall–Kier alpha value is -3.22. The Morgan fingerprint density at radius 2 is 1.66 bits per heavy atom. The smallest absolute Gasteiger partial charge is 0.253 e. The normalized spacial score (nSPS) is 14.9. The third kappa shape index (κ3) is 4.13. The molecule has 4 rings (SSSR count). The molecular formula is C22H26N6O. The van der Waals surface area contributed by atoms with Gasteiger partial charge in [-0.05, 0) is 23.1 Å². The number of rotatable bonds is 3. The molecule has 7 heteroatoms. The SMILES string of the molecule is CC(C)(C)c1ccc(C(=O)N2CCN(c3cc(-n4ccnc4)ncn3)CC2)cc1. The second-order valence-corrected chi connectivity index (χ2v) is 8.31. The predicted octanol–water partition coefficient (Wildman–Crippen LogP) is 2.92. The number of benzene rings is 1. The Kier molecular flexibility index (Phi) is 5.05. The number of amides is 1. The Labute approximate surface area is 171 Å². The van der Waals surface area contributed by atoms with Gasteiger partial charge in [-0.1, -0.05) is 32.9 Å². The number of carbonyl (C=O) groups is 1. The van der Waals surface area contributed by atoms with E-state index < -0.39 is 0 Å². The predicted molar refractivity (Wildman–Crippen MR) is 112 cm³/mol. The average Bonchev–Trinajstić information content (AvgIpc) is 3.28. The van der Waals surface area contributed by atoms with Crippen LogP contribution in [0.2, 0.25) is 0 Å². The summed E-state index contributed by atoms with van der Waals surface area (Å²) in [5.74, 6) is 1.74. The summed E-state index contributed by atoms with van der Waals surface area (Å²) >= 11 is 0. The molecule has 150 valence electrons. The molecule has 1 aliphatic rings. The maximum Gasteiger partial charge on any atom is 0.253 e. The molecule has 2 aromatic heterocycles.